The Morgan fingerprint density at radius 1 is 1.24 bits per heavy atom. The molecule has 2 aromatic rings. The Bertz CT molecular complexity index is 680. The molecule has 7 heteroatoms. The number of hydrogen-bond donors (Lipinski definition) is 2. The molecule has 0 fully saturated rings. The largest absolute Gasteiger partial charge is 0.481 e. The molecule has 0 spiro atoms. The van der Waals surface area contributed by atoms with Gasteiger partial charge in [-0.2, -0.15) is 0 Å². The molecular formula is C14H11BrF2N2O2. The highest BCUT2D eigenvalue weighted by Crippen LogP contribution is 2.28. The van der Waals surface area contributed by atoms with Crippen molar-refractivity contribution in [1.29, 1.82) is 0 Å². The fourth-order valence-corrected chi connectivity index (χ4v) is 1.92. The van der Waals surface area contributed by atoms with Crippen LogP contribution in [0.2, 0.25) is 0 Å². The van der Waals surface area contributed by atoms with Crippen molar-refractivity contribution < 1.29 is 18.3 Å². The van der Waals surface area contributed by atoms with Gasteiger partial charge in [-0.3, -0.25) is 4.79 Å². The number of carbonyl (C=O) groups is 1. The molecule has 1 amide bonds. The van der Waals surface area contributed by atoms with Crippen molar-refractivity contribution >= 4 is 33.2 Å². The standard InChI is InChI=1S/C14H11BrF2N2O2/c15-8-5-11(18)13(6-10(8)17)21-7-14(20)19-12-4-2-1-3-9(12)16/h1-6H,7,18H2,(H,19,20). The number of ether oxygens (including phenoxy) is 1. The molecule has 2 rings (SSSR count). The summed E-state index contributed by atoms with van der Waals surface area (Å²) in [7, 11) is 0. The molecule has 21 heavy (non-hydrogen) atoms. The highest BCUT2D eigenvalue weighted by Gasteiger charge is 2.10. The molecule has 0 radical (unpaired) electrons. The van der Waals surface area contributed by atoms with E-state index in [-0.39, 0.29) is 21.6 Å². The van der Waals surface area contributed by atoms with Crippen LogP contribution in [0.15, 0.2) is 40.9 Å². The zero-order valence-electron chi connectivity index (χ0n) is 10.7. The number of carbonyl (C=O) groups excluding carboxylic acids is 1. The topological polar surface area (TPSA) is 64.3 Å². The third-order valence-electron chi connectivity index (χ3n) is 2.56. The number of nitrogen functional groups attached to an aromatic ring is 1. The molecule has 3 N–H and O–H groups in total. The minimum absolute atomic E-state index is 0.0411. The van der Waals surface area contributed by atoms with Gasteiger partial charge in [-0.15, -0.1) is 0 Å². The first-order chi connectivity index (χ1) is 9.97. The molecule has 0 aromatic heterocycles. The quantitative estimate of drug-likeness (QED) is 0.825. The van der Waals surface area contributed by atoms with Crippen molar-refractivity contribution in [1.82, 2.24) is 0 Å². The lowest BCUT2D eigenvalue weighted by molar-refractivity contribution is -0.118. The first kappa shape index (κ1) is 15.2. The van der Waals surface area contributed by atoms with Crippen LogP contribution in [0.25, 0.3) is 0 Å². The number of rotatable bonds is 4. The molecular weight excluding hydrogens is 346 g/mol. The van der Waals surface area contributed by atoms with Gasteiger partial charge in [0.15, 0.2) is 6.61 Å². The predicted molar refractivity (Wildman–Crippen MR) is 79.0 cm³/mol. The minimum atomic E-state index is -0.581. The third-order valence-corrected chi connectivity index (χ3v) is 3.17. The molecule has 0 aliphatic rings. The average molecular weight is 357 g/mol. The first-order valence-corrected chi connectivity index (χ1v) is 6.68. The van der Waals surface area contributed by atoms with Crippen LogP contribution in [0, 0.1) is 11.6 Å². The lowest BCUT2D eigenvalue weighted by atomic mass is 10.3. The van der Waals surface area contributed by atoms with E-state index in [1.807, 2.05) is 0 Å². The van der Waals surface area contributed by atoms with Crippen LogP contribution in [-0.2, 0) is 4.79 Å². The number of halogens is 3. The number of para-hydroxylation sites is 1. The summed E-state index contributed by atoms with van der Waals surface area (Å²) >= 11 is 2.98. The van der Waals surface area contributed by atoms with E-state index in [0.717, 1.165) is 6.07 Å². The van der Waals surface area contributed by atoms with E-state index in [9.17, 15) is 13.6 Å². The molecule has 4 nitrogen and oxygen atoms in total. The Labute approximate surface area is 128 Å². The van der Waals surface area contributed by atoms with Crippen LogP contribution in [0.5, 0.6) is 5.75 Å². The third kappa shape index (κ3) is 3.91. The lowest BCUT2D eigenvalue weighted by Gasteiger charge is -2.10. The van der Waals surface area contributed by atoms with Gasteiger partial charge in [0, 0.05) is 6.07 Å². The summed E-state index contributed by atoms with van der Waals surface area (Å²) in [6, 6.07) is 8.13. The molecule has 0 heterocycles. The van der Waals surface area contributed by atoms with Crippen molar-refractivity contribution in [2.75, 3.05) is 17.7 Å². The second-order valence-electron chi connectivity index (χ2n) is 4.12. The van der Waals surface area contributed by atoms with Crippen molar-refractivity contribution in [3.05, 3.63) is 52.5 Å². The monoisotopic (exact) mass is 356 g/mol. The molecule has 0 unspecified atom stereocenters. The fourth-order valence-electron chi connectivity index (χ4n) is 1.56. The number of hydrogen-bond acceptors (Lipinski definition) is 3. The summed E-state index contributed by atoms with van der Waals surface area (Å²) in [5.41, 5.74) is 5.86. The van der Waals surface area contributed by atoms with E-state index in [1.165, 1.54) is 24.3 Å². The van der Waals surface area contributed by atoms with Crippen molar-refractivity contribution in [3.8, 4) is 5.75 Å². The van der Waals surface area contributed by atoms with Crippen LogP contribution in [0.1, 0.15) is 0 Å². The zero-order chi connectivity index (χ0) is 15.4. The van der Waals surface area contributed by atoms with Gasteiger partial charge in [0.1, 0.15) is 17.4 Å². The lowest BCUT2D eigenvalue weighted by Crippen LogP contribution is -2.21. The zero-order valence-corrected chi connectivity index (χ0v) is 12.3. The maximum absolute atomic E-state index is 13.4. The van der Waals surface area contributed by atoms with E-state index in [0.29, 0.717) is 0 Å². The first-order valence-electron chi connectivity index (χ1n) is 5.89. The van der Waals surface area contributed by atoms with Gasteiger partial charge in [0.25, 0.3) is 5.91 Å². The highest BCUT2D eigenvalue weighted by molar-refractivity contribution is 9.10. The van der Waals surface area contributed by atoms with E-state index in [1.54, 1.807) is 6.07 Å². The van der Waals surface area contributed by atoms with Crippen LogP contribution < -0.4 is 15.8 Å². The van der Waals surface area contributed by atoms with Crippen LogP contribution in [0.3, 0.4) is 0 Å². The van der Waals surface area contributed by atoms with Crippen LogP contribution >= 0.6 is 15.9 Å². The summed E-state index contributed by atoms with van der Waals surface area (Å²) < 4.78 is 32.0. The van der Waals surface area contributed by atoms with E-state index < -0.39 is 24.1 Å². The predicted octanol–water partition coefficient (Wildman–Crippen LogP) is 3.33. The molecule has 0 saturated carbocycles. The van der Waals surface area contributed by atoms with E-state index in [2.05, 4.69) is 21.2 Å². The fraction of sp³-hybridized carbons (Fsp3) is 0.0714. The Balaban J connectivity index is 1.99. The maximum atomic E-state index is 13.4. The van der Waals surface area contributed by atoms with Gasteiger partial charge in [-0.1, -0.05) is 12.1 Å². The Morgan fingerprint density at radius 2 is 1.95 bits per heavy atom. The molecule has 110 valence electrons. The summed E-state index contributed by atoms with van der Waals surface area (Å²) in [6.07, 6.45) is 0. The Kier molecular flexibility index (Phi) is 4.74. The smallest absolute Gasteiger partial charge is 0.262 e. The normalized spacial score (nSPS) is 10.2. The van der Waals surface area contributed by atoms with Crippen LogP contribution in [-0.4, -0.2) is 12.5 Å². The number of amides is 1. The van der Waals surface area contributed by atoms with Crippen molar-refractivity contribution in [2.24, 2.45) is 0 Å². The Morgan fingerprint density at radius 3 is 2.67 bits per heavy atom. The summed E-state index contributed by atoms with van der Waals surface area (Å²) in [5.74, 6) is -1.66. The second-order valence-corrected chi connectivity index (χ2v) is 4.98. The second kappa shape index (κ2) is 6.53. The summed E-state index contributed by atoms with van der Waals surface area (Å²) in [4.78, 5) is 11.7. The van der Waals surface area contributed by atoms with Gasteiger partial charge >= 0.3 is 0 Å². The van der Waals surface area contributed by atoms with Crippen molar-refractivity contribution in [2.45, 2.75) is 0 Å². The minimum Gasteiger partial charge on any atom is -0.481 e. The SMILES string of the molecule is Nc1cc(Br)c(F)cc1OCC(=O)Nc1ccccc1F. The summed E-state index contributed by atoms with van der Waals surface area (Å²) in [5, 5.41) is 2.34. The molecule has 0 bridgehead atoms. The Hall–Kier alpha value is -2.15. The van der Waals surface area contributed by atoms with Gasteiger partial charge in [0.2, 0.25) is 0 Å². The van der Waals surface area contributed by atoms with Gasteiger partial charge < -0.3 is 15.8 Å². The van der Waals surface area contributed by atoms with Gasteiger partial charge in [-0.05, 0) is 34.1 Å². The summed E-state index contributed by atoms with van der Waals surface area (Å²) in [6.45, 7) is -0.417. The van der Waals surface area contributed by atoms with Crippen LogP contribution in [0.4, 0.5) is 20.2 Å². The maximum Gasteiger partial charge on any atom is 0.262 e. The van der Waals surface area contributed by atoms with E-state index >= 15 is 0 Å². The number of benzene rings is 2. The average Bonchev–Trinajstić information content (AvgIpc) is 2.44. The van der Waals surface area contributed by atoms with Gasteiger partial charge in [-0.25, -0.2) is 8.78 Å². The molecule has 2 aromatic carbocycles. The molecule has 0 aliphatic carbocycles. The van der Waals surface area contributed by atoms with E-state index in [4.69, 9.17) is 10.5 Å². The molecule has 0 atom stereocenters. The van der Waals surface area contributed by atoms with Gasteiger partial charge in [0.05, 0.1) is 15.8 Å². The molecule has 0 saturated heterocycles. The highest BCUT2D eigenvalue weighted by atomic mass is 79.9. The number of nitrogens with two attached hydrogens (primary N) is 1. The number of nitrogens with one attached hydrogen (secondary N) is 1. The molecule has 0 aliphatic heterocycles. The van der Waals surface area contributed by atoms with Crippen molar-refractivity contribution in [3.63, 3.8) is 0 Å². The number of anilines is 2.